The number of imide groups is 1. The van der Waals surface area contributed by atoms with Crippen LogP contribution in [0.25, 0.3) is 0 Å². The summed E-state index contributed by atoms with van der Waals surface area (Å²) in [4.78, 5) is 35.3. The molecule has 0 radical (unpaired) electrons. The van der Waals surface area contributed by atoms with Gasteiger partial charge in [0, 0.05) is 24.7 Å². The zero-order chi connectivity index (χ0) is 15.0. The number of carboxylic acid groups (broad SMARTS) is 1. The number of allylic oxidation sites excluding steroid dienone is 1. The van der Waals surface area contributed by atoms with Crippen molar-refractivity contribution < 1.29 is 19.5 Å². The fourth-order valence-corrected chi connectivity index (χ4v) is 1.19. The van der Waals surface area contributed by atoms with Crippen LogP contribution in [0.2, 0.25) is 0 Å². The average molecular weight is 268 g/mol. The van der Waals surface area contributed by atoms with Crippen LogP contribution in [0.4, 0.5) is 4.79 Å². The zero-order valence-corrected chi connectivity index (χ0v) is 11.5. The Hall–Kier alpha value is -2.11. The smallest absolute Gasteiger partial charge is 0.331 e. The molecule has 0 saturated heterocycles. The van der Waals surface area contributed by atoms with Gasteiger partial charge in [0.15, 0.2) is 0 Å². The molecular formula is C13H20N2O4. The Morgan fingerprint density at radius 2 is 1.84 bits per heavy atom. The Balaban J connectivity index is 4.48. The van der Waals surface area contributed by atoms with Gasteiger partial charge in [-0.3, -0.25) is 10.1 Å². The van der Waals surface area contributed by atoms with Crippen LogP contribution in [-0.2, 0) is 9.59 Å². The summed E-state index contributed by atoms with van der Waals surface area (Å²) in [7, 11) is 1.56. The van der Waals surface area contributed by atoms with Gasteiger partial charge in [-0.1, -0.05) is 6.08 Å². The van der Waals surface area contributed by atoms with Gasteiger partial charge < -0.3 is 10.0 Å². The highest BCUT2D eigenvalue weighted by Gasteiger charge is 2.17. The van der Waals surface area contributed by atoms with Crippen LogP contribution in [0.5, 0.6) is 0 Å². The summed E-state index contributed by atoms with van der Waals surface area (Å²) in [5.74, 6) is -1.88. The Bertz CT molecular complexity index is 413. The lowest BCUT2D eigenvalue weighted by atomic mass is 10.1. The minimum absolute atomic E-state index is 0.0142. The van der Waals surface area contributed by atoms with Gasteiger partial charge in [0.1, 0.15) is 0 Å². The number of carbonyl (C=O) groups is 3. The number of nitrogens with zero attached hydrogens (tertiary/aromatic N) is 1. The molecule has 0 fully saturated rings. The molecule has 0 atom stereocenters. The van der Waals surface area contributed by atoms with Gasteiger partial charge in [0.2, 0.25) is 0 Å². The van der Waals surface area contributed by atoms with Crippen molar-refractivity contribution in [2.24, 2.45) is 0 Å². The van der Waals surface area contributed by atoms with E-state index in [1.165, 1.54) is 18.7 Å². The second-order valence-corrected chi connectivity index (χ2v) is 4.17. The molecule has 0 bridgehead atoms. The number of hydrogen-bond donors (Lipinski definition) is 2. The second kappa shape index (κ2) is 8.07. The van der Waals surface area contributed by atoms with Crippen LogP contribution in [0.15, 0.2) is 23.8 Å². The van der Waals surface area contributed by atoms with Crippen LogP contribution < -0.4 is 5.32 Å². The van der Waals surface area contributed by atoms with Gasteiger partial charge in [-0.25, -0.2) is 9.59 Å². The van der Waals surface area contributed by atoms with Crippen molar-refractivity contribution in [1.82, 2.24) is 10.2 Å². The maximum atomic E-state index is 11.6. The minimum atomic E-state index is -1.18. The Labute approximate surface area is 112 Å². The molecule has 6 nitrogen and oxygen atoms in total. The van der Waals surface area contributed by atoms with Crippen molar-refractivity contribution in [2.45, 2.75) is 26.7 Å². The van der Waals surface area contributed by atoms with E-state index in [0.29, 0.717) is 6.54 Å². The lowest BCUT2D eigenvalue weighted by molar-refractivity contribution is -0.133. The molecule has 0 saturated carbocycles. The summed E-state index contributed by atoms with van der Waals surface area (Å²) in [6, 6.07) is -0.549. The molecule has 0 aromatic carbocycles. The first-order valence-corrected chi connectivity index (χ1v) is 5.89. The number of carbonyl (C=O) groups excluding carboxylic acids is 2. The van der Waals surface area contributed by atoms with E-state index in [1.807, 2.05) is 0 Å². The zero-order valence-electron chi connectivity index (χ0n) is 11.5. The number of hydrogen-bond acceptors (Lipinski definition) is 3. The van der Waals surface area contributed by atoms with Gasteiger partial charge >= 0.3 is 12.0 Å². The molecule has 0 spiro atoms. The number of rotatable bonds is 6. The molecule has 3 amide bonds. The molecular weight excluding hydrogens is 248 g/mol. The quantitative estimate of drug-likeness (QED) is 0.434. The van der Waals surface area contributed by atoms with E-state index < -0.39 is 17.9 Å². The molecule has 0 rings (SSSR count). The second-order valence-electron chi connectivity index (χ2n) is 4.17. The maximum Gasteiger partial charge on any atom is 0.331 e. The average Bonchev–Trinajstić information content (AvgIpc) is 2.36. The van der Waals surface area contributed by atoms with Crippen molar-refractivity contribution in [3.05, 3.63) is 23.8 Å². The van der Waals surface area contributed by atoms with Crippen LogP contribution in [0, 0.1) is 0 Å². The largest absolute Gasteiger partial charge is 0.478 e. The van der Waals surface area contributed by atoms with Gasteiger partial charge in [-0.05, 0) is 26.7 Å². The molecule has 0 aliphatic rings. The van der Waals surface area contributed by atoms with Gasteiger partial charge in [-0.2, -0.15) is 0 Å². The molecule has 106 valence electrons. The van der Waals surface area contributed by atoms with Gasteiger partial charge in [0.25, 0.3) is 5.91 Å². The molecule has 0 aliphatic heterocycles. The molecule has 0 aromatic heterocycles. The Kier molecular flexibility index (Phi) is 7.18. The minimum Gasteiger partial charge on any atom is -0.478 e. The third-order valence-electron chi connectivity index (χ3n) is 2.69. The number of nitrogens with one attached hydrogen (secondary N) is 1. The lowest BCUT2D eigenvalue weighted by Crippen LogP contribution is -2.41. The van der Waals surface area contributed by atoms with E-state index in [-0.39, 0.29) is 11.1 Å². The van der Waals surface area contributed by atoms with Crippen LogP contribution >= 0.6 is 0 Å². The molecule has 19 heavy (non-hydrogen) atoms. The first kappa shape index (κ1) is 16.9. The first-order valence-electron chi connectivity index (χ1n) is 5.89. The van der Waals surface area contributed by atoms with Gasteiger partial charge in [-0.15, -0.1) is 6.58 Å². The Morgan fingerprint density at radius 3 is 2.32 bits per heavy atom. The molecule has 0 unspecified atom stereocenters. The number of carboxylic acids is 1. The summed E-state index contributed by atoms with van der Waals surface area (Å²) in [5.41, 5.74) is -0.0695. The van der Waals surface area contributed by atoms with E-state index in [2.05, 4.69) is 11.9 Å². The van der Waals surface area contributed by atoms with Crippen molar-refractivity contribution in [2.75, 3.05) is 13.6 Å². The Morgan fingerprint density at radius 1 is 1.26 bits per heavy atom. The molecule has 6 heteroatoms. The molecule has 0 heterocycles. The van der Waals surface area contributed by atoms with E-state index >= 15 is 0 Å². The fraction of sp³-hybridized carbons (Fsp3) is 0.462. The fourth-order valence-electron chi connectivity index (χ4n) is 1.19. The van der Waals surface area contributed by atoms with Crippen molar-refractivity contribution in [3.63, 3.8) is 0 Å². The monoisotopic (exact) mass is 268 g/mol. The molecule has 0 aromatic rings. The van der Waals surface area contributed by atoms with E-state index in [0.717, 1.165) is 12.8 Å². The SMILES string of the molecule is C=CCCCN(C)C(=O)NC(=O)/C(C)=C(/C)C(=O)O. The highest BCUT2D eigenvalue weighted by molar-refractivity contribution is 6.07. The number of urea groups is 1. The normalized spacial score (nSPS) is 11.3. The summed E-state index contributed by atoms with van der Waals surface area (Å²) in [5, 5.41) is 10.9. The summed E-state index contributed by atoms with van der Waals surface area (Å²) < 4.78 is 0. The third-order valence-corrected chi connectivity index (χ3v) is 2.69. The summed E-state index contributed by atoms with van der Waals surface area (Å²) >= 11 is 0. The van der Waals surface area contributed by atoms with Crippen LogP contribution in [0.3, 0.4) is 0 Å². The highest BCUT2D eigenvalue weighted by Crippen LogP contribution is 2.04. The maximum absolute atomic E-state index is 11.6. The number of unbranched alkanes of at least 4 members (excludes halogenated alkanes) is 1. The van der Waals surface area contributed by atoms with Crippen molar-refractivity contribution in [1.29, 1.82) is 0 Å². The van der Waals surface area contributed by atoms with E-state index in [9.17, 15) is 14.4 Å². The molecule has 2 N–H and O–H groups in total. The highest BCUT2D eigenvalue weighted by atomic mass is 16.4. The van der Waals surface area contributed by atoms with Gasteiger partial charge in [0.05, 0.1) is 0 Å². The van der Waals surface area contributed by atoms with E-state index in [4.69, 9.17) is 5.11 Å². The topological polar surface area (TPSA) is 86.7 Å². The van der Waals surface area contributed by atoms with Crippen LogP contribution in [-0.4, -0.2) is 41.5 Å². The molecule has 0 aliphatic carbocycles. The lowest BCUT2D eigenvalue weighted by Gasteiger charge is -2.17. The van der Waals surface area contributed by atoms with Crippen molar-refractivity contribution in [3.8, 4) is 0 Å². The summed E-state index contributed by atoms with van der Waals surface area (Å²) in [6.45, 7) is 6.75. The number of amides is 3. The van der Waals surface area contributed by atoms with Crippen LogP contribution in [0.1, 0.15) is 26.7 Å². The predicted octanol–water partition coefficient (Wildman–Crippen LogP) is 1.54. The number of aliphatic carboxylic acids is 1. The third kappa shape index (κ3) is 5.85. The first-order chi connectivity index (χ1) is 8.81. The summed E-state index contributed by atoms with van der Waals surface area (Å²) in [6.07, 6.45) is 3.28. The predicted molar refractivity (Wildman–Crippen MR) is 71.6 cm³/mol. The standard InChI is InChI=1S/C13H20N2O4/c1-5-6-7-8-15(4)13(19)14-11(16)9(2)10(3)12(17)18/h5H,1,6-8H2,2-4H3,(H,17,18)(H,14,16,19)/b10-9-. The van der Waals surface area contributed by atoms with Crippen molar-refractivity contribution >= 4 is 17.9 Å². The van der Waals surface area contributed by atoms with E-state index in [1.54, 1.807) is 13.1 Å².